The van der Waals surface area contributed by atoms with Gasteiger partial charge in [0.1, 0.15) is 0 Å². The van der Waals surface area contributed by atoms with Crippen LogP contribution in [0.5, 0.6) is 11.5 Å². The van der Waals surface area contributed by atoms with E-state index in [9.17, 15) is 14.4 Å². The Morgan fingerprint density at radius 1 is 1.16 bits per heavy atom. The first kappa shape index (κ1) is 21.9. The fourth-order valence-corrected chi connectivity index (χ4v) is 4.22. The summed E-state index contributed by atoms with van der Waals surface area (Å²) in [5.41, 5.74) is 2.29. The van der Waals surface area contributed by atoms with E-state index in [4.69, 9.17) is 21.1 Å². The van der Waals surface area contributed by atoms with Gasteiger partial charge in [0.2, 0.25) is 0 Å². The van der Waals surface area contributed by atoms with Gasteiger partial charge in [-0.05, 0) is 47.2 Å². The number of thioether (sulfide) groups is 1. The van der Waals surface area contributed by atoms with Gasteiger partial charge in [-0.2, -0.15) is 5.10 Å². The summed E-state index contributed by atoms with van der Waals surface area (Å²) in [6, 6.07) is 12.1. The number of nitrogens with one attached hydrogen (secondary N) is 1. The molecule has 2 aliphatic rings. The minimum absolute atomic E-state index is 0.0289. The maximum Gasteiger partial charge on any atom is 0.290 e. The molecule has 1 fully saturated rings. The van der Waals surface area contributed by atoms with Crippen molar-refractivity contribution < 1.29 is 23.9 Å². The highest BCUT2D eigenvalue weighted by molar-refractivity contribution is 8.18. The van der Waals surface area contributed by atoms with E-state index < -0.39 is 23.1 Å². The lowest BCUT2D eigenvalue weighted by Gasteiger charge is -2.22. The number of hydrogen-bond acceptors (Lipinski definition) is 7. The number of carbonyl (C=O) groups excluding carboxylic acids is 3. The van der Waals surface area contributed by atoms with Crippen LogP contribution < -0.4 is 14.8 Å². The molecule has 32 heavy (non-hydrogen) atoms. The van der Waals surface area contributed by atoms with Crippen molar-refractivity contribution in [2.45, 2.75) is 12.5 Å². The number of imide groups is 1. The molecule has 1 N–H and O–H groups in total. The third kappa shape index (κ3) is 4.35. The van der Waals surface area contributed by atoms with Crippen LogP contribution in [0.2, 0.25) is 5.02 Å². The summed E-state index contributed by atoms with van der Waals surface area (Å²) in [5.74, 6) is -0.0316. The summed E-state index contributed by atoms with van der Waals surface area (Å²) in [6.45, 7) is 0. The fourth-order valence-electron chi connectivity index (χ4n) is 3.45. The summed E-state index contributed by atoms with van der Waals surface area (Å²) in [5, 5.41) is 8.08. The van der Waals surface area contributed by atoms with E-state index in [1.54, 1.807) is 31.4 Å². The quantitative estimate of drug-likeness (QED) is 0.664. The highest BCUT2D eigenvalue weighted by Crippen LogP contribution is 2.38. The van der Waals surface area contributed by atoms with Crippen molar-refractivity contribution >= 4 is 46.1 Å². The molecule has 0 bridgehead atoms. The van der Waals surface area contributed by atoms with Gasteiger partial charge in [0.15, 0.2) is 11.5 Å². The summed E-state index contributed by atoms with van der Waals surface area (Å²) >= 11 is 6.68. The SMILES string of the molecule is COc1ccc(C2CC(c3ccc(Cl)cc3)=NN2C(=O)/C=C2\SC(=O)NC2=O)cc1OC. The second-order valence-corrected chi connectivity index (χ2v) is 8.37. The van der Waals surface area contributed by atoms with Crippen LogP contribution in [-0.2, 0) is 9.59 Å². The van der Waals surface area contributed by atoms with Crippen LogP contribution in [0.4, 0.5) is 4.79 Å². The average molecular weight is 472 g/mol. The van der Waals surface area contributed by atoms with E-state index in [0.717, 1.165) is 17.2 Å². The van der Waals surface area contributed by atoms with Crippen LogP contribution in [0.15, 0.2) is 58.5 Å². The predicted octanol–water partition coefficient (Wildman–Crippen LogP) is 3.90. The molecule has 2 heterocycles. The molecule has 10 heteroatoms. The third-order valence-electron chi connectivity index (χ3n) is 5.00. The zero-order valence-electron chi connectivity index (χ0n) is 17.1. The number of hydrogen-bond donors (Lipinski definition) is 1. The Balaban J connectivity index is 1.72. The lowest BCUT2D eigenvalue weighted by atomic mass is 9.98. The zero-order chi connectivity index (χ0) is 22.8. The molecule has 0 aliphatic carbocycles. The second-order valence-electron chi connectivity index (χ2n) is 6.92. The third-order valence-corrected chi connectivity index (χ3v) is 6.07. The summed E-state index contributed by atoms with van der Waals surface area (Å²) in [7, 11) is 3.08. The number of methoxy groups -OCH3 is 2. The largest absolute Gasteiger partial charge is 0.493 e. The highest BCUT2D eigenvalue weighted by atomic mass is 35.5. The Kier molecular flexibility index (Phi) is 6.20. The number of ether oxygens (including phenoxy) is 2. The van der Waals surface area contributed by atoms with Crippen molar-refractivity contribution in [3.63, 3.8) is 0 Å². The molecular formula is C22H18ClN3O5S. The van der Waals surface area contributed by atoms with E-state index in [0.29, 0.717) is 40.4 Å². The van der Waals surface area contributed by atoms with Gasteiger partial charge in [-0.3, -0.25) is 19.7 Å². The molecule has 164 valence electrons. The Morgan fingerprint density at radius 3 is 2.50 bits per heavy atom. The predicted molar refractivity (Wildman–Crippen MR) is 121 cm³/mol. The minimum atomic E-state index is -0.600. The van der Waals surface area contributed by atoms with Crippen LogP contribution in [-0.4, -0.2) is 42.0 Å². The summed E-state index contributed by atoms with van der Waals surface area (Å²) < 4.78 is 10.7. The van der Waals surface area contributed by atoms with Crippen LogP contribution in [0.25, 0.3) is 0 Å². The zero-order valence-corrected chi connectivity index (χ0v) is 18.7. The number of benzene rings is 2. The number of nitrogens with zero attached hydrogens (tertiary/aromatic N) is 2. The van der Waals surface area contributed by atoms with Gasteiger partial charge in [-0.25, -0.2) is 5.01 Å². The molecule has 2 aromatic carbocycles. The van der Waals surface area contributed by atoms with Crippen molar-refractivity contribution in [2.24, 2.45) is 5.10 Å². The Hall–Kier alpha value is -3.30. The average Bonchev–Trinajstić information content (AvgIpc) is 3.37. The van der Waals surface area contributed by atoms with E-state index in [-0.39, 0.29) is 4.91 Å². The molecular weight excluding hydrogens is 454 g/mol. The van der Waals surface area contributed by atoms with Gasteiger partial charge in [0.05, 0.1) is 30.9 Å². The molecule has 1 unspecified atom stereocenters. The first-order valence-corrected chi connectivity index (χ1v) is 10.7. The van der Waals surface area contributed by atoms with E-state index in [1.807, 2.05) is 18.2 Å². The van der Waals surface area contributed by atoms with Gasteiger partial charge in [-0.1, -0.05) is 29.8 Å². The standard InChI is InChI=1S/C22H18ClN3O5S/c1-30-17-8-5-13(9-18(17)31-2)16-10-15(12-3-6-14(23)7-4-12)25-26(16)20(27)11-19-21(28)24-22(29)32-19/h3-9,11,16H,10H2,1-2H3,(H,24,28,29)/b19-11-. The molecule has 2 aromatic rings. The second kappa shape index (κ2) is 9.05. The van der Waals surface area contributed by atoms with Crippen molar-refractivity contribution in [3.05, 3.63) is 69.6 Å². The molecule has 1 saturated heterocycles. The van der Waals surface area contributed by atoms with Crippen LogP contribution >= 0.6 is 23.4 Å². The normalized spacial score (nSPS) is 19.2. The molecule has 8 nitrogen and oxygen atoms in total. The minimum Gasteiger partial charge on any atom is -0.493 e. The lowest BCUT2D eigenvalue weighted by Crippen LogP contribution is -2.26. The molecule has 2 aliphatic heterocycles. The van der Waals surface area contributed by atoms with Crippen molar-refractivity contribution in [1.82, 2.24) is 10.3 Å². The van der Waals surface area contributed by atoms with E-state index >= 15 is 0 Å². The van der Waals surface area contributed by atoms with Gasteiger partial charge in [0, 0.05) is 17.5 Å². The number of halogens is 1. The van der Waals surface area contributed by atoms with E-state index in [2.05, 4.69) is 10.4 Å². The maximum atomic E-state index is 13.1. The Bertz CT molecular complexity index is 1160. The van der Waals surface area contributed by atoms with Crippen molar-refractivity contribution in [1.29, 1.82) is 0 Å². The van der Waals surface area contributed by atoms with Gasteiger partial charge in [-0.15, -0.1) is 0 Å². The summed E-state index contributed by atoms with van der Waals surface area (Å²) in [4.78, 5) is 36.5. The smallest absolute Gasteiger partial charge is 0.290 e. The Labute approximate surface area is 193 Å². The first-order chi connectivity index (χ1) is 15.4. The summed E-state index contributed by atoms with van der Waals surface area (Å²) in [6.07, 6.45) is 1.57. The molecule has 4 rings (SSSR count). The number of carbonyl (C=O) groups is 3. The molecule has 3 amide bonds. The highest BCUT2D eigenvalue weighted by Gasteiger charge is 2.34. The van der Waals surface area contributed by atoms with Crippen molar-refractivity contribution in [3.8, 4) is 11.5 Å². The van der Waals surface area contributed by atoms with Crippen LogP contribution in [0.1, 0.15) is 23.6 Å². The monoisotopic (exact) mass is 471 g/mol. The fraction of sp³-hybridized carbons (Fsp3) is 0.182. The molecule has 0 aromatic heterocycles. The Morgan fingerprint density at radius 2 is 1.88 bits per heavy atom. The molecule has 0 saturated carbocycles. The maximum absolute atomic E-state index is 13.1. The number of hydrazone groups is 1. The number of amides is 3. The lowest BCUT2D eigenvalue weighted by molar-refractivity contribution is -0.128. The van der Waals surface area contributed by atoms with Crippen LogP contribution in [0.3, 0.4) is 0 Å². The van der Waals surface area contributed by atoms with Gasteiger partial charge < -0.3 is 9.47 Å². The number of rotatable bonds is 5. The van der Waals surface area contributed by atoms with Gasteiger partial charge in [0.25, 0.3) is 17.1 Å². The molecule has 1 atom stereocenters. The van der Waals surface area contributed by atoms with E-state index in [1.165, 1.54) is 12.1 Å². The van der Waals surface area contributed by atoms with Crippen LogP contribution in [0, 0.1) is 0 Å². The molecule has 0 spiro atoms. The van der Waals surface area contributed by atoms with Gasteiger partial charge >= 0.3 is 0 Å². The topological polar surface area (TPSA) is 97.3 Å². The molecule has 0 radical (unpaired) electrons. The van der Waals surface area contributed by atoms with Crippen molar-refractivity contribution in [2.75, 3.05) is 14.2 Å². The first-order valence-electron chi connectivity index (χ1n) is 9.53.